The monoisotopic (exact) mass is 455 g/mol. The van der Waals surface area contributed by atoms with Gasteiger partial charge in [-0.05, 0) is 19.3 Å². The number of hydrogen-bond acceptors (Lipinski definition) is 4. The van der Waals surface area contributed by atoms with Crippen molar-refractivity contribution in [1.29, 1.82) is 0 Å². The molecule has 0 radical (unpaired) electrons. The molecule has 142 valence electrons. The fourth-order valence-corrected chi connectivity index (χ4v) is 3.22. The minimum absolute atomic E-state index is 0. The molecule has 24 heavy (non-hydrogen) atoms. The van der Waals surface area contributed by atoms with E-state index in [4.69, 9.17) is 14.2 Å². The van der Waals surface area contributed by atoms with Crippen LogP contribution < -0.4 is 5.32 Å². The minimum atomic E-state index is 0. The smallest absolute Gasteiger partial charge is 0.193 e. The molecule has 0 saturated carbocycles. The molecule has 0 aliphatic carbocycles. The quantitative estimate of drug-likeness (QED) is 0.250. The lowest BCUT2D eigenvalue weighted by atomic mass is 9.87. The summed E-state index contributed by atoms with van der Waals surface area (Å²) in [5.41, 5.74) is 0.365. The SMILES string of the molecule is CCCCOCCOCCNC(=NC)N1CCC2(CCOC2)C1.I. The molecule has 0 amide bonds. The number of nitrogens with one attached hydrogen (secondary N) is 1. The van der Waals surface area contributed by atoms with Crippen molar-refractivity contribution in [2.75, 3.05) is 66.3 Å². The number of hydrogen-bond donors (Lipinski definition) is 1. The van der Waals surface area contributed by atoms with E-state index >= 15 is 0 Å². The first-order valence-corrected chi connectivity index (χ1v) is 8.98. The third-order valence-electron chi connectivity index (χ3n) is 4.68. The molecule has 2 aliphatic rings. The molecule has 2 fully saturated rings. The number of likely N-dealkylation sites (tertiary alicyclic amines) is 1. The van der Waals surface area contributed by atoms with Crippen LogP contribution in [0, 0.1) is 5.41 Å². The molecule has 0 aromatic heterocycles. The van der Waals surface area contributed by atoms with Gasteiger partial charge in [-0.1, -0.05) is 13.3 Å². The van der Waals surface area contributed by atoms with Crippen molar-refractivity contribution in [3.8, 4) is 0 Å². The molecule has 7 heteroatoms. The van der Waals surface area contributed by atoms with Gasteiger partial charge in [0.2, 0.25) is 0 Å². The number of halogens is 1. The van der Waals surface area contributed by atoms with E-state index in [-0.39, 0.29) is 24.0 Å². The van der Waals surface area contributed by atoms with Crippen LogP contribution in [0.5, 0.6) is 0 Å². The predicted molar refractivity (Wildman–Crippen MR) is 107 cm³/mol. The highest BCUT2D eigenvalue weighted by molar-refractivity contribution is 14.0. The summed E-state index contributed by atoms with van der Waals surface area (Å²) in [6, 6.07) is 0. The van der Waals surface area contributed by atoms with E-state index in [0.29, 0.717) is 25.2 Å². The van der Waals surface area contributed by atoms with Gasteiger partial charge in [-0.15, -0.1) is 24.0 Å². The van der Waals surface area contributed by atoms with Gasteiger partial charge in [0.1, 0.15) is 0 Å². The van der Waals surface area contributed by atoms with E-state index in [1.165, 1.54) is 19.3 Å². The van der Waals surface area contributed by atoms with Crippen molar-refractivity contribution in [3.05, 3.63) is 0 Å². The van der Waals surface area contributed by atoms with Gasteiger partial charge in [0.15, 0.2) is 5.96 Å². The first kappa shape index (κ1) is 21.9. The summed E-state index contributed by atoms with van der Waals surface area (Å²) in [5, 5.41) is 3.40. The van der Waals surface area contributed by atoms with Crippen LogP contribution in [-0.4, -0.2) is 77.2 Å². The summed E-state index contributed by atoms with van der Waals surface area (Å²) in [5.74, 6) is 0.983. The summed E-state index contributed by atoms with van der Waals surface area (Å²) < 4.78 is 16.6. The van der Waals surface area contributed by atoms with E-state index < -0.39 is 0 Å². The third-order valence-corrected chi connectivity index (χ3v) is 4.68. The van der Waals surface area contributed by atoms with Crippen molar-refractivity contribution in [1.82, 2.24) is 10.2 Å². The van der Waals surface area contributed by atoms with Crippen LogP contribution in [0.1, 0.15) is 32.6 Å². The second-order valence-electron chi connectivity index (χ2n) is 6.53. The Morgan fingerprint density at radius 1 is 1.21 bits per heavy atom. The topological polar surface area (TPSA) is 55.3 Å². The van der Waals surface area contributed by atoms with Crippen LogP contribution in [0.25, 0.3) is 0 Å². The van der Waals surface area contributed by atoms with Crippen LogP contribution in [0.15, 0.2) is 4.99 Å². The molecule has 0 aromatic carbocycles. The lowest BCUT2D eigenvalue weighted by molar-refractivity contribution is 0.0486. The molecule has 1 atom stereocenters. The number of aliphatic imine (C=N–C) groups is 1. The minimum Gasteiger partial charge on any atom is -0.381 e. The van der Waals surface area contributed by atoms with Gasteiger partial charge in [-0.25, -0.2) is 0 Å². The highest BCUT2D eigenvalue weighted by Crippen LogP contribution is 2.38. The second kappa shape index (κ2) is 12.3. The van der Waals surface area contributed by atoms with Gasteiger partial charge in [0.25, 0.3) is 0 Å². The summed E-state index contributed by atoms with van der Waals surface area (Å²) in [4.78, 5) is 6.75. The number of guanidine groups is 1. The lowest BCUT2D eigenvalue weighted by Gasteiger charge is -2.24. The van der Waals surface area contributed by atoms with Crippen LogP contribution in [0.4, 0.5) is 0 Å². The number of nitrogens with zero attached hydrogens (tertiary/aromatic N) is 2. The first-order valence-electron chi connectivity index (χ1n) is 8.98. The molecule has 6 nitrogen and oxygen atoms in total. The molecule has 2 rings (SSSR count). The van der Waals surface area contributed by atoms with Gasteiger partial charge in [-0.2, -0.15) is 0 Å². The van der Waals surface area contributed by atoms with Crippen LogP contribution in [0.3, 0.4) is 0 Å². The Balaban J connectivity index is 0.00000288. The maximum absolute atomic E-state index is 5.59. The molecule has 1 spiro atoms. The van der Waals surface area contributed by atoms with Gasteiger partial charge in [0, 0.05) is 45.3 Å². The Morgan fingerprint density at radius 3 is 2.67 bits per heavy atom. The standard InChI is InChI=1S/C17H33N3O3.HI/c1-3-4-9-21-12-13-22-11-7-19-16(18-2)20-8-5-17(14-20)6-10-23-15-17;/h3-15H2,1-2H3,(H,18,19);1H. The maximum Gasteiger partial charge on any atom is 0.193 e. The number of ether oxygens (including phenoxy) is 3. The Kier molecular flexibility index (Phi) is 11.2. The maximum atomic E-state index is 5.59. The van der Waals surface area contributed by atoms with Crippen LogP contribution >= 0.6 is 24.0 Å². The average molecular weight is 455 g/mol. The lowest BCUT2D eigenvalue weighted by Crippen LogP contribution is -2.42. The zero-order chi connectivity index (χ0) is 16.4. The molecular weight excluding hydrogens is 421 g/mol. The Labute approximate surface area is 163 Å². The molecule has 2 heterocycles. The average Bonchev–Trinajstić information content (AvgIpc) is 3.20. The van der Waals surface area contributed by atoms with Crippen molar-refractivity contribution >= 4 is 29.9 Å². The van der Waals surface area contributed by atoms with E-state index in [1.54, 1.807) is 0 Å². The van der Waals surface area contributed by atoms with Gasteiger partial charge < -0.3 is 24.4 Å². The highest BCUT2D eigenvalue weighted by atomic mass is 127. The predicted octanol–water partition coefficient (Wildman–Crippen LogP) is 2.13. The first-order chi connectivity index (χ1) is 11.3. The van der Waals surface area contributed by atoms with Gasteiger partial charge in [0.05, 0.1) is 26.4 Å². The zero-order valence-electron chi connectivity index (χ0n) is 15.2. The number of unbranched alkanes of at least 4 members (excludes halogenated alkanes) is 1. The molecule has 2 aliphatic heterocycles. The van der Waals surface area contributed by atoms with Gasteiger partial charge in [-0.3, -0.25) is 4.99 Å². The van der Waals surface area contributed by atoms with Crippen molar-refractivity contribution in [2.24, 2.45) is 10.4 Å². The van der Waals surface area contributed by atoms with E-state index in [1.807, 2.05) is 7.05 Å². The van der Waals surface area contributed by atoms with Crippen molar-refractivity contribution in [3.63, 3.8) is 0 Å². The second-order valence-corrected chi connectivity index (χ2v) is 6.53. The molecule has 1 unspecified atom stereocenters. The highest BCUT2D eigenvalue weighted by Gasteiger charge is 2.42. The van der Waals surface area contributed by atoms with Gasteiger partial charge >= 0.3 is 0 Å². The normalized spacial score (nSPS) is 23.8. The molecule has 1 N–H and O–H groups in total. The van der Waals surface area contributed by atoms with Crippen molar-refractivity contribution in [2.45, 2.75) is 32.6 Å². The summed E-state index contributed by atoms with van der Waals surface area (Å²) >= 11 is 0. The molecule has 2 saturated heterocycles. The zero-order valence-corrected chi connectivity index (χ0v) is 17.6. The molecular formula is C17H34IN3O3. The third kappa shape index (κ3) is 7.01. The number of rotatable bonds is 9. The Morgan fingerprint density at radius 2 is 2.00 bits per heavy atom. The summed E-state index contributed by atoms with van der Waals surface area (Å²) in [7, 11) is 1.85. The van der Waals surface area contributed by atoms with E-state index in [0.717, 1.165) is 51.8 Å². The molecule has 0 bridgehead atoms. The van der Waals surface area contributed by atoms with E-state index in [9.17, 15) is 0 Å². The molecule has 0 aromatic rings. The summed E-state index contributed by atoms with van der Waals surface area (Å²) in [6.07, 6.45) is 4.69. The summed E-state index contributed by atoms with van der Waals surface area (Å²) in [6.45, 7) is 9.74. The fourth-order valence-electron chi connectivity index (χ4n) is 3.22. The Bertz CT molecular complexity index is 363. The van der Waals surface area contributed by atoms with E-state index in [2.05, 4.69) is 22.1 Å². The van der Waals surface area contributed by atoms with Crippen LogP contribution in [-0.2, 0) is 14.2 Å². The van der Waals surface area contributed by atoms with Crippen LogP contribution in [0.2, 0.25) is 0 Å². The van der Waals surface area contributed by atoms with Crippen molar-refractivity contribution < 1.29 is 14.2 Å². The fraction of sp³-hybridized carbons (Fsp3) is 0.941. The largest absolute Gasteiger partial charge is 0.381 e. The Hall–Kier alpha value is -0.120.